The molecule has 3 aromatic rings. The maximum Gasteiger partial charge on any atom is 0.273 e. The number of hydrogen-bond donors (Lipinski definition) is 3. The summed E-state index contributed by atoms with van der Waals surface area (Å²) in [7, 11) is 0. The first-order valence-corrected chi connectivity index (χ1v) is 11.7. The lowest BCUT2D eigenvalue weighted by Gasteiger charge is -2.34. The molecule has 0 spiro atoms. The van der Waals surface area contributed by atoms with Crippen molar-refractivity contribution in [2.45, 2.75) is 45.7 Å². The predicted molar refractivity (Wildman–Crippen MR) is 135 cm³/mol. The van der Waals surface area contributed by atoms with Gasteiger partial charge in [0, 0.05) is 11.2 Å². The molecular formula is C25H28FN5O3S. The normalized spacial score (nSPS) is 12.1. The van der Waals surface area contributed by atoms with E-state index < -0.39 is 35.1 Å². The van der Waals surface area contributed by atoms with E-state index in [4.69, 9.17) is 11.5 Å². The minimum atomic E-state index is -1.17. The van der Waals surface area contributed by atoms with E-state index >= 15 is 0 Å². The van der Waals surface area contributed by atoms with Crippen molar-refractivity contribution in [3.05, 3.63) is 76.0 Å². The molecule has 8 nitrogen and oxygen atoms in total. The maximum absolute atomic E-state index is 13.9. The fourth-order valence-electron chi connectivity index (χ4n) is 3.38. The van der Waals surface area contributed by atoms with E-state index in [-0.39, 0.29) is 16.3 Å². The monoisotopic (exact) mass is 497 g/mol. The van der Waals surface area contributed by atoms with E-state index in [1.165, 1.54) is 29.2 Å². The van der Waals surface area contributed by atoms with Crippen LogP contribution in [0.2, 0.25) is 0 Å². The number of nitrogens with one attached hydrogen (secondary N) is 1. The third-order valence-corrected chi connectivity index (χ3v) is 6.58. The number of amides is 3. The van der Waals surface area contributed by atoms with Gasteiger partial charge in [0.15, 0.2) is 5.69 Å². The van der Waals surface area contributed by atoms with Crippen LogP contribution in [0.3, 0.4) is 0 Å². The largest absolute Gasteiger partial charge is 0.395 e. The van der Waals surface area contributed by atoms with Crippen molar-refractivity contribution >= 4 is 40.6 Å². The number of nitrogens with zero attached hydrogens (tertiary/aromatic N) is 2. The smallest absolute Gasteiger partial charge is 0.273 e. The molecule has 1 heterocycles. The average molecular weight is 498 g/mol. The van der Waals surface area contributed by atoms with E-state index in [0.29, 0.717) is 17.7 Å². The fraction of sp³-hybridized carbons (Fsp3) is 0.280. The Labute approximate surface area is 207 Å². The first kappa shape index (κ1) is 25.8. The summed E-state index contributed by atoms with van der Waals surface area (Å²) in [5.74, 6) is -2.45. The molecule has 3 amide bonds. The number of anilines is 2. The number of carbonyl (C=O) groups is 3. The van der Waals surface area contributed by atoms with Crippen molar-refractivity contribution in [2.24, 2.45) is 5.73 Å². The van der Waals surface area contributed by atoms with Gasteiger partial charge in [-0.1, -0.05) is 36.8 Å². The summed E-state index contributed by atoms with van der Waals surface area (Å²) in [6.07, 6.45) is 0.636. The molecule has 0 fully saturated rings. The zero-order valence-corrected chi connectivity index (χ0v) is 20.8. The lowest BCUT2D eigenvalue weighted by molar-refractivity contribution is -0.124. The van der Waals surface area contributed by atoms with Gasteiger partial charge in [-0.3, -0.25) is 19.3 Å². The summed E-state index contributed by atoms with van der Waals surface area (Å²) >= 11 is 0.724. The number of carbonyl (C=O) groups excluding carboxylic acids is 3. The van der Waals surface area contributed by atoms with E-state index in [1.54, 1.807) is 24.3 Å². The van der Waals surface area contributed by atoms with E-state index in [2.05, 4.69) is 9.69 Å². The average Bonchev–Trinajstić information content (AvgIpc) is 3.20. The number of primary amides is 1. The SMILES string of the molecule is CCC(C)(C)NC(=O)[C@@H](c1ccc(F)cc1)N(C(=O)c1snc(C(N)=O)c1N)c1ccc(C)cc1. The minimum absolute atomic E-state index is 0.0333. The molecule has 35 heavy (non-hydrogen) atoms. The van der Waals surface area contributed by atoms with Crippen molar-refractivity contribution in [2.75, 3.05) is 10.6 Å². The van der Waals surface area contributed by atoms with Crippen molar-refractivity contribution in [1.82, 2.24) is 9.69 Å². The van der Waals surface area contributed by atoms with Gasteiger partial charge < -0.3 is 16.8 Å². The summed E-state index contributed by atoms with van der Waals surface area (Å²) in [5, 5.41) is 2.98. The van der Waals surface area contributed by atoms with Crippen LogP contribution in [0.15, 0.2) is 48.5 Å². The number of aryl methyl sites for hydroxylation is 1. The van der Waals surface area contributed by atoms with Crippen LogP contribution < -0.4 is 21.7 Å². The highest BCUT2D eigenvalue weighted by atomic mass is 32.1. The lowest BCUT2D eigenvalue weighted by atomic mass is 9.98. The first-order valence-electron chi connectivity index (χ1n) is 11.0. The highest BCUT2D eigenvalue weighted by Crippen LogP contribution is 2.33. The highest BCUT2D eigenvalue weighted by Gasteiger charge is 2.37. The van der Waals surface area contributed by atoms with Crippen LogP contribution in [0, 0.1) is 12.7 Å². The van der Waals surface area contributed by atoms with Crippen LogP contribution >= 0.6 is 11.5 Å². The molecule has 0 aliphatic rings. The van der Waals surface area contributed by atoms with E-state index in [9.17, 15) is 18.8 Å². The number of nitrogen functional groups attached to an aromatic ring is 1. The van der Waals surface area contributed by atoms with Crippen LogP contribution in [-0.4, -0.2) is 27.6 Å². The molecule has 184 valence electrons. The molecule has 0 saturated carbocycles. The number of rotatable bonds is 8. The van der Waals surface area contributed by atoms with Crippen molar-refractivity contribution < 1.29 is 18.8 Å². The molecular weight excluding hydrogens is 469 g/mol. The molecule has 0 unspecified atom stereocenters. The topological polar surface area (TPSA) is 131 Å². The minimum Gasteiger partial charge on any atom is -0.395 e. The number of aromatic nitrogens is 1. The summed E-state index contributed by atoms with van der Waals surface area (Å²) in [6, 6.07) is 11.2. The lowest BCUT2D eigenvalue weighted by Crippen LogP contribution is -2.50. The number of benzene rings is 2. The second-order valence-corrected chi connectivity index (χ2v) is 9.60. The zero-order chi connectivity index (χ0) is 25.9. The molecule has 2 aromatic carbocycles. The Morgan fingerprint density at radius 1 is 1.11 bits per heavy atom. The Morgan fingerprint density at radius 2 is 1.71 bits per heavy atom. The van der Waals surface area contributed by atoms with E-state index in [1.807, 2.05) is 27.7 Å². The Balaban J connectivity index is 2.22. The molecule has 0 saturated heterocycles. The van der Waals surface area contributed by atoms with Gasteiger partial charge >= 0.3 is 0 Å². The van der Waals surface area contributed by atoms with Gasteiger partial charge in [0.25, 0.3) is 11.8 Å². The summed E-state index contributed by atoms with van der Waals surface area (Å²) in [6.45, 7) is 7.56. The van der Waals surface area contributed by atoms with Crippen molar-refractivity contribution in [1.29, 1.82) is 0 Å². The first-order chi connectivity index (χ1) is 16.4. The van der Waals surface area contributed by atoms with Crippen LogP contribution in [0.5, 0.6) is 0 Å². The maximum atomic E-state index is 13.9. The van der Waals surface area contributed by atoms with Gasteiger partial charge in [0.2, 0.25) is 5.91 Å². The molecule has 1 aromatic heterocycles. The molecule has 3 rings (SSSR count). The number of nitrogens with two attached hydrogens (primary N) is 2. The van der Waals surface area contributed by atoms with Crippen LogP contribution in [-0.2, 0) is 4.79 Å². The molecule has 0 bridgehead atoms. The van der Waals surface area contributed by atoms with Crippen molar-refractivity contribution in [3.8, 4) is 0 Å². The van der Waals surface area contributed by atoms with Crippen LogP contribution in [0.4, 0.5) is 15.8 Å². The Bertz CT molecular complexity index is 1240. The molecule has 10 heteroatoms. The van der Waals surface area contributed by atoms with Crippen molar-refractivity contribution in [3.63, 3.8) is 0 Å². The van der Waals surface area contributed by atoms with Gasteiger partial charge in [-0.2, -0.15) is 4.37 Å². The van der Waals surface area contributed by atoms with Crippen LogP contribution in [0.25, 0.3) is 0 Å². The number of halogens is 1. The highest BCUT2D eigenvalue weighted by molar-refractivity contribution is 7.09. The molecule has 5 N–H and O–H groups in total. The Hall–Kier alpha value is -3.79. The Morgan fingerprint density at radius 3 is 2.23 bits per heavy atom. The summed E-state index contributed by atoms with van der Waals surface area (Å²) in [4.78, 5) is 40.6. The van der Waals surface area contributed by atoms with Gasteiger partial charge in [0.05, 0.1) is 5.69 Å². The van der Waals surface area contributed by atoms with Gasteiger partial charge in [-0.05, 0) is 68.6 Å². The fourth-order valence-corrected chi connectivity index (χ4v) is 4.12. The molecule has 1 atom stereocenters. The summed E-state index contributed by atoms with van der Waals surface area (Å²) < 4.78 is 17.7. The third-order valence-electron chi connectivity index (χ3n) is 5.72. The second kappa shape index (κ2) is 10.2. The third kappa shape index (κ3) is 5.65. The standard InChI is InChI=1S/C25H28FN5O3S/c1-5-25(3,4)29-23(33)20(15-8-10-16(26)11-9-15)31(17-12-6-14(2)7-13-17)24(34)21-18(27)19(22(28)32)30-35-21/h6-13,20H,5,27H2,1-4H3,(H2,28,32)(H,29,33)/t20-/m1/s1. The quantitative estimate of drug-likeness (QED) is 0.433. The van der Waals surface area contributed by atoms with Gasteiger partial charge in [-0.15, -0.1) is 0 Å². The molecule has 0 aliphatic heterocycles. The molecule has 0 aliphatic carbocycles. The number of hydrogen-bond acceptors (Lipinski definition) is 6. The second-order valence-electron chi connectivity index (χ2n) is 8.83. The van der Waals surface area contributed by atoms with E-state index in [0.717, 1.165) is 17.1 Å². The van der Waals surface area contributed by atoms with Gasteiger partial charge in [-0.25, -0.2) is 4.39 Å². The zero-order valence-electron chi connectivity index (χ0n) is 20.0. The van der Waals surface area contributed by atoms with Crippen LogP contribution in [0.1, 0.15) is 64.5 Å². The molecule has 0 radical (unpaired) electrons. The Kier molecular flexibility index (Phi) is 7.54. The van der Waals surface area contributed by atoms with Gasteiger partial charge in [0.1, 0.15) is 16.7 Å². The predicted octanol–water partition coefficient (Wildman–Crippen LogP) is 3.96. The summed E-state index contributed by atoms with van der Waals surface area (Å²) in [5.41, 5.74) is 12.2.